The predicted octanol–water partition coefficient (Wildman–Crippen LogP) is 1.12. The van der Waals surface area contributed by atoms with Gasteiger partial charge in [0.15, 0.2) is 0 Å². The molecule has 1 amide bonds. The van der Waals surface area contributed by atoms with Gasteiger partial charge >= 0.3 is 0 Å². The van der Waals surface area contributed by atoms with Gasteiger partial charge in [-0.2, -0.15) is 5.10 Å². The molecule has 1 fully saturated rings. The van der Waals surface area contributed by atoms with Crippen LogP contribution in [0.3, 0.4) is 0 Å². The zero-order valence-corrected chi connectivity index (χ0v) is 11.8. The Kier molecular flexibility index (Phi) is 4.09. The molecule has 6 nitrogen and oxygen atoms in total. The predicted molar refractivity (Wildman–Crippen MR) is 72.8 cm³/mol. The molecule has 0 bridgehead atoms. The molecule has 2 rings (SSSR count). The van der Waals surface area contributed by atoms with Gasteiger partial charge in [-0.3, -0.25) is 9.48 Å². The minimum atomic E-state index is -0.0427. The first-order valence-electron chi connectivity index (χ1n) is 6.82. The average Bonchev–Trinajstić information content (AvgIpc) is 2.79. The van der Waals surface area contributed by atoms with E-state index in [4.69, 9.17) is 10.5 Å². The van der Waals surface area contributed by atoms with Crippen LogP contribution in [0.4, 0.5) is 5.69 Å². The van der Waals surface area contributed by atoms with E-state index < -0.39 is 0 Å². The summed E-state index contributed by atoms with van der Waals surface area (Å²) in [7, 11) is 0. The van der Waals surface area contributed by atoms with Gasteiger partial charge in [0.25, 0.3) is 5.91 Å². The van der Waals surface area contributed by atoms with Crippen LogP contribution in [0.2, 0.25) is 0 Å². The van der Waals surface area contributed by atoms with Crippen molar-refractivity contribution in [1.29, 1.82) is 0 Å². The highest BCUT2D eigenvalue weighted by molar-refractivity contribution is 5.97. The van der Waals surface area contributed by atoms with Crippen molar-refractivity contribution in [2.45, 2.75) is 45.9 Å². The third-order valence-corrected chi connectivity index (χ3v) is 3.57. The van der Waals surface area contributed by atoms with E-state index in [9.17, 15) is 4.79 Å². The lowest BCUT2D eigenvalue weighted by Gasteiger charge is -2.38. The molecule has 1 aromatic rings. The van der Waals surface area contributed by atoms with E-state index in [1.54, 1.807) is 10.9 Å². The van der Waals surface area contributed by atoms with E-state index in [0.717, 1.165) is 6.42 Å². The summed E-state index contributed by atoms with van der Waals surface area (Å²) < 4.78 is 7.28. The molecule has 2 N–H and O–H groups in total. The van der Waals surface area contributed by atoms with Crippen LogP contribution in [-0.4, -0.2) is 45.9 Å². The van der Waals surface area contributed by atoms with Crippen LogP contribution in [0.15, 0.2) is 6.20 Å². The van der Waals surface area contributed by atoms with E-state index in [-0.39, 0.29) is 18.1 Å². The van der Waals surface area contributed by atoms with Crippen molar-refractivity contribution in [1.82, 2.24) is 14.7 Å². The topological polar surface area (TPSA) is 73.4 Å². The maximum absolute atomic E-state index is 12.7. The smallest absolute Gasteiger partial charge is 0.274 e. The number of ether oxygens (including phenoxy) is 1. The third kappa shape index (κ3) is 2.58. The summed E-state index contributed by atoms with van der Waals surface area (Å²) in [5.74, 6) is -0.0427. The number of morpholine rings is 1. The first-order valence-corrected chi connectivity index (χ1v) is 6.82. The Bertz CT molecular complexity index is 457. The molecular weight excluding hydrogens is 244 g/mol. The SMILES string of the molecule is CCC1COC(C)CN1C(=O)c1c(N)cnn1CC. The Labute approximate surface area is 113 Å². The van der Waals surface area contributed by atoms with E-state index in [2.05, 4.69) is 12.0 Å². The summed E-state index contributed by atoms with van der Waals surface area (Å²) >= 11 is 0. The van der Waals surface area contributed by atoms with Crippen LogP contribution < -0.4 is 5.73 Å². The van der Waals surface area contributed by atoms with Crippen LogP contribution in [0.25, 0.3) is 0 Å². The van der Waals surface area contributed by atoms with Crippen molar-refractivity contribution in [3.8, 4) is 0 Å². The van der Waals surface area contributed by atoms with E-state index in [1.165, 1.54) is 0 Å². The van der Waals surface area contributed by atoms with Crippen molar-refractivity contribution in [3.05, 3.63) is 11.9 Å². The second kappa shape index (κ2) is 5.61. The molecule has 0 aliphatic carbocycles. The number of aryl methyl sites for hydroxylation is 1. The van der Waals surface area contributed by atoms with Gasteiger partial charge in [0.1, 0.15) is 5.69 Å². The zero-order valence-electron chi connectivity index (χ0n) is 11.8. The Balaban J connectivity index is 2.28. The average molecular weight is 266 g/mol. The maximum atomic E-state index is 12.7. The van der Waals surface area contributed by atoms with Crippen LogP contribution in [0.1, 0.15) is 37.7 Å². The molecule has 2 heterocycles. The van der Waals surface area contributed by atoms with Crippen LogP contribution in [0, 0.1) is 0 Å². The number of nitrogen functional groups attached to an aromatic ring is 1. The largest absolute Gasteiger partial charge is 0.396 e. The number of carbonyl (C=O) groups is 1. The minimum Gasteiger partial charge on any atom is -0.396 e. The zero-order chi connectivity index (χ0) is 14.0. The molecule has 1 aromatic heterocycles. The number of carbonyl (C=O) groups excluding carboxylic acids is 1. The number of rotatable bonds is 3. The van der Waals surface area contributed by atoms with Gasteiger partial charge in [0, 0.05) is 13.1 Å². The first kappa shape index (κ1) is 13.9. The van der Waals surface area contributed by atoms with Gasteiger partial charge in [-0.05, 0) is 20.3 Å². The van der Waals surface area contributed by atoms with Gasteiger partial charge in [-0.15, -0.1) is 0 Å². The normalized spacial score (nSPS) is 23.6. The molecule has 0 saturated carbocycles. The van der Waals surface area contributed by atoms with Crippen LogP contribution in [-0.2, 0) is 11.3 Å². The standard InChI is InChI=1S/C13H22N4O2/c1-4-10-8-19-9(3)7-16(10)13(18)12-11(14)6-15-17(12)5-2/h6,9-10H,4-5,7-8,14H2,1-3H3. The molecule has 6 heteroatoms. The summed E-state index contributed by atoms with van der Waals surface area (Å²) in [6.45, 7) is 7.81. The molecule has 0 radical (unpaired) electrons. The number of nitrogens with two attached hydrogens (primary N) is 1. The molecule has 1 aliphatic heterocycles. The lowest BCUT2D eigenvalue weighted by Crippen LogP contribution is -2.51. The van der Waals surface area contributed by atoms with Crippen molar-refractivity contribution in [2.24, 2.45) is 0 Å². The summed E-state index contributed by atoms with van der Waals surface area (Å²) in [4.78, 5) is 14.6. The van der Waals surface area contributed by atoms with Crippen molar-refractivity contribution in [2.75, 3.05) is 18.9 Å². The molecule has 19 heavy (non-hydrogen) atoms. The maximum Gasteiger partial charge on any atom is 0.274 e. The fourth-order valence-corrected chi connectivity index (χ4v) is 2.44. The molecule has 2 atom stereocenters. The molecule has 106 valence electrons. The third-order valence-electron chi connectivity index (χ3n) is 3.57. The lowest BCUT2D eigenvalue weighted by atomic mass is 10.1. The number of anilines is 1. The minimum absolute atomic E-state index is 0.0427. The lowest BCUT2D eigenvalue weighted by molar-refractivity contribution is -0.0447. The van der Waals surface area contributed by atoms with Crippen molar-refractivity contribution in [3.63, 3.8) is 0 Å². The van der Waals surface area contributed by atoms with E-state index in [1.807, 2.05) is 18.7 Å². The highest BCUT2D eigenvalue weighted by Gasteiger charge is 2.32. The second-order valence-electron chi connectivity index (χ2n) is 4.93. The summed E-state index contributed by atoms with van der Waals surface area (Å²) in [6.07, 6.45) is 2.48. The van der Waals surface area contributed by atoms with Gasteiger partial charge in [-0.1, -0.05) is 6.92 Å². The summed E-state index contributed by atoms with van der Waals surface area (Å²) in [5.41, 5.74) is 6.82. The first-order chi connectivity index (χ1) is 9.08. The van der Waals surface area contributed by atoms with E-state index in [0.29, 0.717) is 31.1 Å². The number of hydrogen-bond acceptors (Lipinski definition) is 4. The van der Waals surface area contributed by atoms with Gasteiger partial charge in [-0.25, -0.2) is 0 Å². The van der Waals surface area contributed by atoms with Crippen molar-refractivity contribution >= 4 is 11.6 Å². The fourth-order valence-electron chi connectivity index (χ4n) is 2.44. The molecule has 0 spiro atoms. The summed E-state index contributed by atoms with van der Waals surface area (Å²) in [6, 6.07) is 0.114. The van der Waals surface area contributed by atoms with Gasteiger partial charge < -0.3 is 15.4 Å². The van der Waals surface area contributed by atoms with Crippen LogP contribution >= 0.6 is 0 Å². The number of amides is 1. The monoisotopic (exact) mass is 266 g/mol. The van der Waals surface area contributed by atoms with Crippen molar-refractivity contribution < 1.29 is 9.53 Å². The number of aromatic nitrogens is 2. The molecule has 1 saturated heterocycles. The molecule has 1 aliphatic rings. The highest BCUT2D eigenvalue weighted by Crippen LogP contribution is 2.20. The Morgan fingerprint density at radius 3 is 2.95 bits per heavy atom. The van der Waals surface area contributed by atoms with E-state index >= 15 is 0 Å². The summed E-state index contributed by atoms with van der Waals surface area (Å²) in [5, 5.41) is 4.13. The Morgan fingerprint density at radius 1 is 1.58 bits per heavy atom. The Morgan fingerprint density at radius 2 is 2.32 bits per heavy atom. The van der Waals surface area contributed by atoms with Gasteiger partial charge in [0.2, 0.25) is 0 Å². The molecule has 0 aromatic carbocycles. The highest BCUT2D eigenvalue weighted by atomic mass is 16.5. The number of hydrogen-bond donors (Lipinski definition) is 1. The molecule has 2 unspecified atom stereocenters. The Hall–Kier alpha value is -1.56. The van der Waals surface area contributed by atoms with Gasteiger partial charge in [0.05, 0.1) is 30.6 Å². The number of nitrogens with zero attached hydrogens (tertiary/aromatic N) is 3. The van der Waals surface area contributed by atoms with Crippen LogP contribution in [0.5, 0.6) is 0 Å². The fraction of sp³-hybridized carbons (Fsp3) is 0.692. The molecular formula is C13H22N4O2. The quantitative estimate of drug-likeness (QED) is 0.890. The second-order valence-corrected chi connectivity index (χ2v) is 4.93.